The summed E-state index contributed by atoms with van der Waals surface area (Å²) >= 11 is 0. The van der Waals surface area contributed by atoms with E-state index in [0.29, 0.717) is 11.4 Å². The molecule has 1 N–H and O–H groups in total. The van der Waals surface area contributed by atoms with Gasteiger partial charge in [-0.05, 0) is 0 Å². The van der Waals surface area contributed by atoms with E-state index in [1.165, 1.54) is 6.26 Å². The molecule has 0 bridgehead atoms. The molecule has 32 heavy (non-hydrogen) atoms. The fourth-order valence-corrected chi connectivity index (χ4v) is 5.43. The van der Waals surface area contributed by atoms with Crippen molar-refractivity contribution in [3.8, 4) is 11.1 Å². The van der Waals surface area contributed by atoms with Gasteiger partial charge in [0.15, 0.2) is 0 Å². The normalized spacial score (nSPS) is 19.0. The summed E-state index contributed by atoms with van der Waals surface area (Å²) in [6.45, 7) is 4.65. The van der Waals surface area contributed by atoms with Crippen molar-refractivity contribution in [2.75, 3.05) is 22.6 Å². The summed E-state index contributed by atoms with van der Waals surface area (Å²) in [7, 11) is 0.896. The van der Waals surface area contributed by atoms with Gasteiger partial charge in [0.05, 0.1) is 0 Å². The molecule has 1 unspecified atom stereocenters. The zero-order chi connectivity index (χ0) is 23.0. The van der Waals surface area contributed by atoms with E-state index in [4.69, 9.17) is 0 Å². The molecule has 1 aliphatic carbocycles. The molecule has 1 aliphatic heterocycles. The van der Waals surface area contributed by atoms with Crippen LogP contribution < -0.4 is 15.1 Å². The van der Waals surface area contributed by atoms with Crippen LogP contribution in [0.3, 0.4) is 0 Å². The summed E-state index contributed by atoms with van der Waals surface area (Å²) in [4.78, 5) is 17.6. The van der Waals surface area contributed by atoms with E-state index >= 15 is 0 Å². The predicted molar refractivity (Wildman–Crippen MR) is 133 cm³/mol. The molecule has 4 rings (SSSR count). The molecular formula is C24H30BN3O3S. The van der Waals surface area contributed by atoms with Crippen molar-refractivity contribution in [2.45, 2.75) is 56.5 Å². The molecule has 2 aromatic rings. The van der Waals surface area contributed by atoms with Crippen LogP contribution in [0.1, 0.15) is 39.5 Å². The third-order valence-electron chi connectivity index (χ3n) is 6.37. The van der Waals surface area contributed by atoms with Gasteiger partial charge in [-0.2, -0.15) is 0 Å². The number of carbonyl (C=O) groups excluding carboxylic acids is 1. The molecule has 0 radical (unpaired) electrons. The molecule has 1 atom stereocenters. The van der Waals surface area contributed by atoms with Gasteiger partial charge in [0.25, 0.3) is 0 Å². The molecule has 1 saturated carbocycles. The zero-order valence-corrected chi connectivity index (χ0v) is 19.8. The zero-order valence-electron chi connectivity index (χ0n) is 19.0. The Hall–Kier alpha value is -2.61. The molecular weight excluding hydrogens is 421 g/mol. The van der Waals surface area contributed by atoms with E-state index in [1.807, 2.05) is 42.2 Å². The summed E-state index contributed by atoms with van der Waals surface area (Å²) in [6, 6.07) is 13.2. The summed E-state index contributed by atoms with van der Waals surface area (Å²) in [5, 5.41) is 3.22. The quantitative estimate of drug-likeness (QED) is 0.723. The van der Waals surface area contributed by atoms with Crippen LogP contribution in [-0.4, -0.2) is 52.4 Å². The fourth-order valence-electron chi connectivity index (χ4n) is 4.80. The summed E-state index contributed by atoms with van der Waals surface area (Å²) in [5.74, 6) is 0. The van der Waals surface area contributed by atoms with Crippen LogP contribution in [0.2, 0.25) is 0 Å². The Balaban J connectivity index is 1.72. The number of sulfone groups is 1. The van der Waals surface area contributed by atoms with Crippen molar-refractivity contribution < 1.29 is 13.2 Å². The van der Waals surface area contributed by atoms with Gasteiger partial charge in [0, 0.05) is 0 Å². The molecule has 0 saturated heterocycles. The van der Waals surface area contributed by atoms with Crippen LogP contribution in [0.5, 0.6) is 0 Å². The van der Waals surface area contributed by atoms with Crippen LogP contribution in [0.15, 0.2) is 47.4 Å². The van der Waals surface area contributed by atoms with E-state index in [9.17, 15) is 13.2 Å². The monoisotopic (exact) mass is 451 g/mol. The first-order valence-electron chi connectivity index (χ1n) is 11.1. The van der Waals surface area contributed by atoms with Crippen molar-refractivity contribution in [2.24, 2.45) is 0 Å². The number of rotatable bonds is 4. The second-order valence-electron chi connectivity index (χ2n) is 9.00. The van der Waals surface area contributed by atoms with Gasteiger partial charge in [0.1, 0.15) is 0 Å². The van der Waals surface area contributed by atoms with Crippen LogP contribution in [0.4, 0.5) is 16.2 Å². The van der Waals surface area contributed by atoms with E-state index in [1.54, 1.807) is 12.1 Å². The van der Waals surface area contributed by atoms with Crippen molar-refractivity contribution in [1.82, 2.24) is 5.32 Å². The van der Waals surface area contributed by atoms with Gasteiger partial charge in [-0.1, -0.05) is 0 Å². The molecule has 168 valence electrons. The van der Waals surface area contributed by atoms with Gasteiger partial charge >= 0.3 is 192 Å². The predicted octanol–water partition coefficient (Wildman–Crippen LogP) is 3.47. The molecule has 1 fully saturated rings. The van der Waals surface area contributed by atoms with Crippen LogP contribution >= 0.6 is 0 Å². The number of urea groups is 1. The number of anilines is 2. The number of hydrogen-bond acceptors (Lipinski definition) is 4. The Bertz CT molecular complexity index is 1140. The van der Waals surface area contributed by atoms with E-state index in [-0.39, 0.29) is 18.1 Å². The second kappa shape index (κ2) is 8.73. The first-order valence-corrected chi connectivity index (χ1v) is 13.0. The first-order chi connectivity index (χ1) is 15.1. The second-order valence-corrected chi connectivity index (χ2v) is 11.0. The number of benzene rings is 2. The molecule has 0 aromatic heterocycles. The SMILES string of the molecule is B=C(C)N1c2ccc(-c3ccc(S(C)(=O)=O)cc3)cc2N(C(=O)NC2CCCC2)CC1C. The molecule has 2 amide bonds. The Morgan fingerprint density at radius 3 is 2.25 bits per heavy atom. The van der Waals surface area contributed by atoms with Crippen LogP contribution in [0.25, 0.3) is 11.1 Å². The third-order valence-corrected chi connectivity index (χ3v) is 7.50. The Labute approximate surface area is 191 Å². The van der Waals surface area contributed by atoms with Gasteiger partial charge < -0.3 is 0 Å². The van der Waals surface area contributed by atoms with Crippen molar-refractivity contribution in [3.63, 3.8) is 0 Å². The van der Waals surface area contributed by atoms with Crippen molar-refractivity contribution >= 4 is 40.3 Å². The maximum absolute atomic E-state index is 13.2. The van der Waals surface area contributed by atoms with Crippen molar-refractivity contribution in [1.29, 1.82) is 0 Å². The Morgan fingerprint density at radius 1 is 1.03 bits per heavy atom. The van der Waals surface area contributed by atoms with Gasteiger partial charge in [-0.15, -0.1) is 0 Å². The Morgan fingerprint density at radius 2 is 1.66 bits per heavy atom. The molecule has 6 nitrogen and oxygen atoms in total. The first kappa shape index (κ1) is 22.6. The Kier molecular flexibility index (Phi) is 6.16. The molecule has 2 aromatic carbocycles. The number of nitrogens with zero attached hydrogens (tertiary/aromatic N) is 2. The maximum atomic E-state index is 13.2. The average Bonchev–Trinajstić information content (AvgIpc) is 3.25. The molecule has 8 heteroatoms. The minimum absolute atomic E-state index is 0.0593. The van der Waals surface area contributed by atoms with Gasteiger partial charge in [0.2, 0.25) is 0 Å². The van der Waals surface area contributed by atoms with E-state index in [0.717, 1.165) is 53.8 Å². The van der Waals surface area contributed by atoms with E-state index < -0.39 is 9.84 Å². The number of carbonyl (C=O) groups is 1. The fraction of sp³-hybridized carbons (Fsp3) is 0.417. The van der Waals surface area contributed by atoms with Crippen LogP contribution in [0, 0.1) is 0 Å². The van der Waals surface area contributed by atoms with Crippen LogP contribution in [-0.2, 0) is 9.84 Å². The number of nitrogens with one attached hydrogen (secondary N) is 1. The number of amides is 2. The summed E-state index contributed by atoms with van der Waals surface area (Å²) in [6.07, 6.45) is 5.60. The third kappa shape index (κ3) is 4.46. The summed E-state index contributed by atoms with van der Waals surface area (Å²) in [5.41, 5.74) is 4.55. The average molecular weight is 451 g/mol. The topological polar surface area (TPSA) is 69.7 Å². The molecule has 2 aliphatic rings. The van der Waals surface area contributed by atoms with Gasteiger partial charge in [-0.25, -0.2) is 0 Å². The van der Waals surface area contributed by atoms with E-state index in [2.05, 4.69) is 24.6 Å². The molecule has 0 spiro atoms. The number of fused-ring (bicyclic) bond motifs is 1. The molecule has 1 heterocycles. The minimum atomic E-state index is -3.25. The standard InChI is InChI=1S/C24H30BN3O3S/c1-16-15-27(24(29)26-20-6-4-5-7-20)23-14-19(10-13-22(23)28(16)17(2)25)18-8-11-21(12-9-18)32(3,30)31/h8-14,16,20,25H,4-7,15H2,1-3H3,(H,26,29). The number of hydrogen-bond donors (Lipinski definition) is 1. The van der Waals surface area contributed by atoms with Gasteiger partial charge in [-0.3, -0.25) is 0 Å². The van der Waals surface area contributed by atoms with Crippen molar-refractivity contribution in [3.05, 3.63) is 42.5 Å². The summed E-state index contributed by atoms with van der Waals surface area (Å²) < 4.78 is 23.6.